The zero-order valence-electron chi connectivity index (χ0n) is 27.0. The molecule has 11 heteroatoms. The van der Waals surface area contributed by atoms with Crippen LogP contribution in [-0.4, -0.2) is 88.7 Å². The third-order valence-electron chi connectivity index (χ3n) is 9.77. The largest absolute Gasteiger partial charge is 0.493 e. The fourth-order valence-electron chi connectivity index (χ4n) is 7.57. The van der Waals surface area contributed by atoms with E-state index < -0.39 is 0 Å². The van der Waals surface area contributed by atoms with E-state index in [2.05, 4.69) is 26.4 Å². The normalized spacial score (nSPS) is 22.5. The lowest BCUT2D eigenvalue weighted by molar-refractivity contribution is -0.140. The summed E-state index contributed by atoms with van der Waals surface area (Å²) in [5.41, 5.74) is 3.37. The second-order valence-corrected chi connectivity index (χ2v) is 12.8. The van der Waals surface area contributed by atoms with Crippen LogP contribution in [0.15, 0.2) is 42.7 Å². The summed E-state index contributed by atoms with van der Waals surface area (Å²) in [7, 11) is 3.26. The predicted octanol–water partition coefficient (Wildman–Crippen LogP) is 3.75. The number of likely N-dealkylation sites (tertiary alicyclic amines) is 1. The van der Waals surface area contributed by atoms with Gasteiger partial charge in [-0.1, -0.05) is 12.1 Å². The number of ether oxygens (including phenoxy) is 2. The number of carbonyl (C=O) groups excluding carboxylic acids is 3. The molecule has 0 aliphatic carbocycles. The first kappa shape index (κ1) is 31.6. The lowest BCUT2D eigenvalue weighted by atomic mass is 9.77. The number of nitrogens with one attached hydrogen (secondary N) is 1. The summed E-state index contributed by atoms with van der Waals surface area (Å²) in [6.07, 6.45) is 8.65. The number of piperidine rings is 2. The number of fused-ring (bicyclic) bond motifs is 6. The molecule has 6 rings (SSSR count). The quantitative estimate of drug-likeness (QED) is 0.468. The van der Waals surface area contributed by atoms with Gasteiger partial charge in [0.25, 0.3) is 5.91 Å². The maximum Gasteiger partial charge on any atom is 0.257 e. The molecule has 2 fully saturated rings. The van der Waals surface area contributed by atoms with Crippen LogP contribution in [0.3, 0.4) is 0 Å². The number of rotatable bonds is 4. The van der Waals surface area contributed by atoms with Gasteiger partial charge in [0.2, 0.25) is 11.8 Å². The van der Waals surface area contributed by atoms with Crippen LogP contribution in [0.5, 0.6) is 11.5 Å². The van der Waals surface area contributed by atoms with Crippen molar-refractivity contribution >= 4 is 17.7 Å². The minimum absolute atomic E-state index is 0.0257. The highest BCUT2D eigenvalue weighted by Crippen LogP contribution is 2.38. The van der Waals surface area contributed by atoms with Crippen LogP contribution in [0, 0.1) is 18.8 Å². The van der Waals surface area contributed by atoms with E-state index in [0.717, 1.165) is 42.5 Å². The van der Waals surface area contributed by atoms with Crippen LogP contribution in [-0.2, 0) is 22.4 Å². The van der Waals surface area contributed by atoms with E-state index in [0.29, 0.717) is 74.7 Å². The molecule has 3 aliphatic rings. The first-order valence-electron chi connectivity index (χ1n) is 16.4. The van der Waals surface area contributed by atoms with Gasteiger partial charge in [-0.15, -0.1) is 0 Å². The Morgan fingerprint density at radius 3 is 2.65 bits per heavy atom. The van der Waals surface area contributed by atoms with Gasteiger partial charge in [0.15, 0.2) is 17.3 Å². The Bertz CT molecular complexity index is 1570. The summed E-state index contributed by atoms with van der Waals surface area (Å²) in [6, 6.07) is 9.65. The second kappa shape index (κ2) is 13.9. The van der Waals surface area contributed by atoms with Crippen molar-refractivity contribution in [2.75, 3.05) is 40.4 Å². The minimum Gasteiger partial charge on any atom is -0.493 e. The van der Waals surface area contributed by atoms with Crippen LogP contribution in [0.1, 0.15) is 65.7 Å². The maximum absolute atomic E-state index is 13.9. The number of methoxy groups -OCH3 is 2. The molecule has 0 radical (unpaired) electrons. The number of hydrogen-bond acceptors (Lipinski definition) is 7. The van der Waals surface area contributed by atoms with Gasteiger partial charge in [-0.2, -0.15) is 5.10 Å². The maximum atomic E-state index is 13.9. The van der Waals surface area contributed by atoms with E-state index in [4.69, 9.17) is 9.47 Å². The van der Waals surface area contributed by atoms with Crippen LogP contribution in [0.2, 0.25) is 0 Å². The molecule has 3 aliphatic heterocycles. The molecule has 46 heavy (non-hydrogen) atoms. The number of aromatic nitrogens is 3. The second-order valence-electron chi connectivity index (χ2n) is 12.8. The van der Waals surface area contributed by atoms with Crippen molar-refractivity contribution in [3.63, 3.8) is 0 Å². The molecule has 1 aromatic carbocycles. The summed E-state index contributed by atoms with van der Waals surface area (Å²) in [5.74, 6) is 2.47. The van der Waals surface area contributed by atoms with Gasteiger partial charge in [0.1, 0.15) is 0 Å². The highest BCUT2D eigenvalue weighted by molar-refractivity contribution is 5.95. The highest BCUT2D eigenvalue weighted by Gasteiger charge is 2.43. The third kappa shape index (κ3) is 6.59. The first-order valence-corrected chi connectivity index (χ1v) is 16.4. The number of nitrogens with zero attached hydrogens (tertiary/aromatic N) is 5. The fourth-order valence-corrected chi connectivity index (χ4v) is 7.57. The summed E-state index contributed by atoms with van der Waals surface area (Å²) in [6.45, 7) is 4.26. The average molecular weight is 629 g/mol. The van der Waals surface area contributed by atoms with Crippen molar-refractivity contribution in [3.8, 4) is 17.3 Å². The predicted molar refractivity (Wildman–Crippen MR) is 172 cm³/mol. The molecule has 5 heterocycles. The van der Waals surface area contributed by atoms with Gasteiger partial charge in [-0.3, -0.25) is 14.4 Å². The summed E-state index contributed by atoms with van der Waals surface area (Å²) in [4.78, 5) is 49.0. The summed E-state index contributed by atoms with van der Waals surface area (Å²) < 4.78 is 13.0. The lowest BCUT2D eigenvalue weighted by Crippen LogP contribution is -2.60. The van der Waals surface area contributed by atoms with Crippen molar-refractivity contribution < 1.29 is 23.9 Å². The molecule has 244 valence electrons. The third-order valence-corrected chi connectivity index (χ3v) is 9.77. The van der Waals surface area contributed by atoms with E-state index in [-0.39, 0.29) is 35.6 Å². The first-order chi connectivity index (χ1) is 22.4. The average Bonchev–Trinajstić information content (AvgIpc) is 3.46. The fraction of sp³-hybridized carbons (Fsp3) is 0.514. The topological polar surface area (TPSA) is 119 Å². The number of amides is 3. The van der Waals surface area contributed by atoms with Gasteiger partial charge >= 0.3 is 0 Å². The van der Waals surface area contributed by atoms with Crippen molar-refractivity contribution in [1.82, 2.24) is 29.9 Å². The molecule has 3 aromatic rings. The SMILES string of the molecule is COc1cc2cc(c1OC)CCCNC(=O)CCC[C@H]1[C@@H]3C[C@@H](CN(C(=O)c4cnn(-c5ccccn5)c4C)C3)CN1C(=O)CC2. The molecule has 0 unspecified atom stereocenters. The molecule has 3 amide bonds. The number of benzene rings is 1. The van der Waals surface area contributed by atoms with Gasteiger partial charge in [-0.05, 0) is 86.6 Å². The standard InChI is InChI=1S/C35H44N6O5/c1-23-28(19-38-41(23)31-10-4-5-14-36-31)35(44)39-20-25-17-27(22-39)29-9-6-11-32(42)37-15-7-8-26-16-24(12-13-33(43)40(29)21-25)18-30(45-2)34(26)46-3/h4-5,10,14,16,18-19,25,27,29H,6-9,11-13,15,17,20-22H2,1-3H3,(H,37,42)/t25-,27+,29-/m0/s1. The van der Waals surface area contributed by atoms with Crippen LogP contribution in [0.4, 0.5) is 0 Å². The number of pyridine rings is 1. The zero-order valence-corrected chi connectivity index (χ0v) is 27.0. The Morgan fingerprint density at radius 2 is 1.87 bits per heavy atom. The van der Waals surface area contributed by atoms with Crippen molar-refractivity contribution in [2.24, 2.45) is 11.8 Å². The molecule has 2 aromatic heterocycles. The van der Waals surface area contributed by atoms with E-state index in [1.807, 2.05) is 36.1 Å². The molecule has 0 saturated carbocycles. The summed E-state index contributed by atoms with van der Waals surface area (Å²) in [5, 5.41) is 7.54. The Balaban J connectivity index is 1.22. The monoisotopic (exact) mass is 628 g/mol. The molecule has 0 spiro atoms. The van der Waals surface area contributed by atoms with Crippen LogP contribution >= 0.6 is 0 Å². The zero-order chi connectivity index (χ0) is 32.2. The summed E-state index contributed by atoms with van der Waals surface area (Å²) >= 11 is 0. The van der Waals surface area contributed by atoms with Gasteiger partial charge in [0.05, 0.1) is 31.7 Å². The highest BCUT2D eigenvalue weighted by atomic mass is 16.5. The molecular formula is C35H44N6O5. The molecule has 3 atom stereocenters. The molecule has 1 N–H and O–H groups in total. The Hall–Kier alpha value is -4.41. The van der Waals surface area contributed by atoms with Crippen LogP contribution < -0.4 is 14.8 Å². The number of carbonyl (C=O) groups is 3. The molecule has 11 nitrogen and oxygen atoms in total. The Kier molecular flexibility index (Phi) is 9.56. The van der Waals surface area contributed by atoms with Gasteiger partial charge in [0, 0.05) is 51.3 Å². The molecule has 4 bridgehead atoms. The van der Waals surface area contributed by atoms with E-state index in [1.165, 1.54) is 0 Å². The van der Waals surface area contributed by atoms with E-state index in [1.54, 1.807) is 31.3 Å². The number of hydrogen-bond donors (Lipinski definition) is 1. The van der Waals surface area contributed by atoms with E-state index in [9.17, 15) is 14.4 Å². The molecular weight excluding hydrogens is 584 g/mol. The molecule has 2 saturated heterocycles. The van der Waals surface area contributed by atoms with Gasteiger partial charge in [-0.25, -0.2) is 9.67 Å². The number of aryl methyl sites for hydroxylation is 2. The van der Waals surface area contributed by atoms with Crippen LogP contribution in [0.25, 0.3) is 5.82 Å². The Labute approximate surface area is 270 Å². The smallest absolute Gasteiger partial charge is 0.257 e. The van der Waals surface area contributed by atoms with Crippen molar-refractivity contribution in [3.05, 3.63) is 65.1 Å². The van der Waals surface area contributed by atoms with Crippen molar-refractivity contribution in [2.45, 2.75) is 64.3 Å². The van der Waals surface area contributed by atoms with Gasteiger partial charge < -0.3 is 24.6 Å². The van der Waals surface area contributed by atoms with Crippen molar-refractivity contribution in [1.29, 1.82) is 0 Å². The lowest BCUT2D eigenvalue weighted by Gasteiger charge is -2.51. The van der Waals surface area contributed by atoms with E-state index >= 15 is 0 Å². The Morgan fingerprint density at radius 1 is 1.00 bits per heavy atom. The minimum atomic E-state index is -0.0361.